The lowest BCUT2D eigenvalue weighted by Crippen LogP contribution is -2.26. The first-order chi connectivity index (χ1) is 11.9. The molecule has 0 unspecified atom stereocenters. The summed E-state index contributed by atoms with van der Waals surface area (Å²) in [6.45, 7) is 3.50. The van der Waals surface area contributed by atoms with E-state index < -0.39 is 5.60 Å². The molecule has 0 amide bonds. The van der Waals surface area contributed by atoms with Crippen molar-refractivity contribution in [1.82, 2.24) is 0 Å². The van der Waals surface area contributed by atoms with Gasteiger partial charge in [-0.25, -0.2) is 0 Å². The molecule has 0 aliphatic carbocycles. The lowest BCUT2D eigenvalue weighted by molar-refractivity contribution is 0.0904. The number of hydrogen-bond acceptors (Lipinski definition) is 3. The van der Waals surface area contributed by atoms with Crippen molar-refractivity contribution in [3.63, 3.8) is 0 Å². The highest BCUT2D eigenvalue weighted by molar-refractivity contribution is 6.07. The van der Waals surface area contributed by atoms with Crippen molar-refractivity contribution < 1.29 is 5.11 Å². The quantitative estimate of drug-likeness (QED) is 0.457. The van der Waals surface area contributed by atoms with Crippen molar-refractivity contribution in [2.24, 2.45) is 16.5 Å². The van der Waals surface area contributed by atoms with Gasteiger partial charge in [-0.2, -0.15) is 0 Å². The Morgan fingerprint density at radius 2 is 1.56 bits per heavy atom. The van der Waals surface area contributed by atoms with Crippen LogP contribution in [0.2, 0.25) is 0 Å². The highest BCUT2D eigenvalue weighted by Crippen LogP contribution is 2.14. The molecule has 0 aromatic heterocycles. The Hall–Kier alpha value is -3.03. The third kappa shape index (κ3) is 5.83. The average molecular weight is 333 g/mol. The predicted octanol–water partition coefficient (Wildman–Crippen LogP) is 2.54. The Morgan fingerprint density at radius 1 is 1.00 bits per heavy atom. The van der Waals surface area contributed by atoms with E-state index in [0.29, 0.717) is 11.3 Å². The van der Waals surface area contributed by atoms with Crippen LogP contribution in [0.4, 0.5) is 0 Å². The van der Waals surface area contributed by atoms with Crippen molar-refractivity contribution in [2.75, 3.05) is 6.54 Å². The molecule has 5 N–H and O–H groups in total. The minimum absolute atomic E-state index is 0.164. The molecule has 0 atom stereocenters. The molecule has 0 saturated carbocycles. The fraction of sp³-hybridized carbons (Fsp3) is 0.190. The van der Waals surface area contributed by atoms with Crippen LogP contribution in [-0.2, 0) is 0 Å². The molecule has 0 saturated heterocycles. The molecule has 0 bridgehead atoms. The molecule has 4 nitrogen and oxygen atoms in total. The highest BCUT2D eigenvalue weighted by atomic mass is 16.3. The molecule has 2 rings (SSSR count). The second kappa shape index (κ2) is 8.18. The zero-order valence-corrected chi connectivity index (χ0v) is 14.5. The zero-order valence-electron chi connectivity index (χ0n) is 14.5. The first-order valence-corrected chi connectivity index (χ1v) is 8.02. The van der Waals surface area contributed by atoms with Gasteiger partial charge in [0.15, 0.2) is 0 Å². The van der Waals surface area contributed by atoms with Crippen LogP contribution in [0.25, 0.3) is 5.70 Å². The van der Waals surface area contributed by atoms with Crippen molar-refractivity contribution in [1.29, 1.82) is 0 Å². The number of benzene rings is 2. The molecular formula is C21H23N3O. The van der Waals surface area contributed by atoms with E-state index >= 15 is 0 Å². The summed E-state index contributed by atoms with van der Waals surface area (Å²) in [6, 6.07) is 19.1. The fourth-order valence-electron chi connectivity index (χ4n) is 2.05. The third-order valence-corrected chi connectivity index (χ3v) is 3.35. The van der Waals surface area contributed by atoms with Gasteiger partial charge in [0.1, 0.15) is 5.84 Å². The molecule has 0 spiro atoms. The smallest absolute Gasteiger partial charge is 0.136 e. The predicted molar refractivity (Wildman–Crippen MR) is 104 cm³/mol. The number of hydrogen-bond donors (Lipinski definition) is 3. The summed E-state index contributed by atoms with van der Waals surface area (Å²) < 4.78 is 0. The summed E-state index contributed by atoms with van der Waals surface area (Å²) >= 11 is 0. The van der Waals surface area contributed by atoms with Crippen LogP contribution in [0, 0.1) is 11.8 Å². The molecule has 25 heavy (non-hydrogen) atoms. The van der Waals surface area contributed by atoms with Crippen LogP contribution >= 0.6 is 0 Å². The number of amidine groups is 1. The Morgan fingerprint density at radius 3 is 2.12 bits per heavy atom. The first-order valence-electron chi connectivity index (χ1n) is 8.02. The van der Waals surface area contributed by atoms with E-state index in [1.807, 2.05) is 60.7 Å². The summed E-state index contributed by atoms with van der Waals surface area (Å²) in [7, 11) is 0. The van der Waals surface area contributed by atoms with Gasteiger partial charge in [0.2, 0.25) is 0 Å². The maximum Gasteiger partial charge on any atom is 0.136 e. The van der Waals surface area contributed by atoms with Gasteiger partial charge in [0.25, 0.3) is 0 Å². The van der Waals surface area contributed by atoms with Crippen LogP contribution in [0.3, 0.4) is 0 Å². The SMILES string of the molecule is CC(C)(O)CN=C(N)C(C#Cc1ccccc1)=C(N)c1ccccc1. The Balaban J connectivity index is 2.47. The van der Waals surface area contributed by atoms with Gasteiger partial charge in [-0.05, 0) is 31.5 Å². The number of rotatable bonds is 4. The summed E-state index contributed by atoms with van der Waals surface area (Å²) in [6.07, 6.45) is 0. The Bertz CT molecular complexity index is 820. The Kier molecular flexibility index (Phi) is 5.99. The van der Waals surface area contributed by atoms with Gasteiger partial charge in [-0.1, -0.05) is 60.4 Å². The average Bonchev–Trinajstić information content (AvgIpc) is 2.61. The molecule has 2 aromatic rings. The van der Waals surface area contributed by atoms with Gasteiger partial charge in [-0.3, -0.25) is 4.99 Å². The fourth-order valence-corrected chi connectivity index (χ4v) is 2.05. The molecule has 0 aliphatic rings. The number of aliphatic hydroxyl groups is 1. The summed E-state index contributed by atoms with van der Waals surface area (Å²) in [4.78, 5) is 4.26. The van der Waals surface area contributed by atoms with Crippen molar-refractivity contribution in [2.45, 2.75) is 19.4 Å². The molecule has 4 heteroatoms. The molecule has 0 radical (unpaired) electrons. The van der Waals surface area contributed by atoms with E-state index in [2.05, 4.69) is 16.8 Å². The summed E-state index contributed by atoms with van der Waals surface area (Å²) in [5.74, 6) is 6.31. The second-order valence-corrected chi connectivity index (χ2v) is 6.28. The largest absolute Gasteiger partial charge is 0.397 e. The van der Waals surface area contributed by atoms with Gasteiger partial charge < -0.3 is 16.6 Å². The normalized spacial score (nSPS) is 12.8. The van der Waals surface area contributed by atoms with Crippen LogP contribution < -0.4 is 11.5 Å². The van der Waals surface area contributed by atoms with E-state index in [9.17, 15) is 5.11 Å². The van der Waals surface area contributed by atoms with E-state index in [-0.39, 0.29) is 12.4 Å². The van der Waals surface area contributed by atoms with Crippen molar-refractivity contribution in [3.8, 4) is 11.8 Å². The minimum Gasteiger partial charge on any atom is -0.397 e. The second-order valence-electron chi connectivity index (χ2n) is 6.28. The molecule has 128 valence electrons. The summed E-state index contributed by atoms with van der Waals surface area (Å²) in [5.41, 5.74) is 14.1. The number of aliphatic imine (C=N–C) groups is 1. The number of nitrogens with two attached hydrogens (primary N) is 2. The van der Waals surface area contributed by atoms with Gasteiger partial charge in [0.05, 0.1) is 23.4 Å². The maximum atomic E-state index is 9.87. The van der Waals surface area contributed by atoms with E-state index in [0.717, 1.165) is 11.1 Å². The maximum absolute atomic E-state index is 9.87. The van der Waals surface area contributed by atoms with E-state index in [4.69, 9.17) is 11.5 Å². The van der Waals surface area contributed by atoms with Crippen LogP contribution in [-0.4, -0.2) is 23.1 Å². The van der Waals surface area contributed by atoms with Gasteiger partial charge in [-0.15, -0.1) is 0 Å². The molecule has 0 heterocycles. The molecule has 0 fully saturated rings. The van der Waals surface area contributed by atoms with Gasteiger partial charge >= 0.3 is 0 Å². The lowest BCUT2D eigenvalue weighted by Gasteiger charge is -2.14. The minimum atomic E-state index is -0.954. The number of nitrogens with zero attached hydrogens (tertiary/aromatic N) is 1. The van der Waals surface area contributed by atoms with E-state index in [1.165, 1.54) is 0 Å². The topological polar surface area (TPSA) is 84.6 Å². The lowest BCUT2D eigenvalue weighted by atomic mass is 10.1. The zero-order chi connectivity index (χ0) is 18.3. The monoisotopic (exact) mass is 333 g/mol. The first kappa shape index (κ1) is 18.3. The van der Waals surface area contributed by atoms with Crippen LogP contribution in [0.15, 0.2) is 71.2 Å². The Labute approximate surface area is 148 Å². The third-order valence-electron chi connectivity index (χ3n) is 3.35. The summed E-state index contributed by atoms with van der Waals surface area (Å²) in [5, 5.41) is 9.87. The van der Waals surface area contributed by atoms with Crippen molar-refractivity contribution >= 4 is 11.5 Å². The van der Waals surface area contributed by atoms with Crippen LogP contribution in [0.1, 0.15) is 25.0 Å². The molecule has 0 aliphatic heterocycles. The highest BCUT2D eigenvalue weighted by Gasteiger charge is 2.13. The molecule has 2 aromatic carbocycles. The van der Waals surface area contributed by atoms with E-state index in [1.54, 1.807) is 13.8 Å². The van der Waals surface area contributed by atoms with Gasteiger partial charge in [0, 0.05) is 5.56 Å². The van der Waals surface area contributed by atoms with Crippen molar-refractivity contribution in [3.05, 3.63) is 77.4 Å². The van der Waals surface area contributed by atoms with Crippen LogP contribution in [0.5, 0.6) is 0 Å². The standard InChI is InChI=1S/C21H23N3O/c1-21(2,25)15-24-20(23)18(14-13-16-9-5-3-6-10-16)19(22)17-11-7-4-8-12-17/h3-12,25H,15,22H2,1-2H3,(H2,23,24). The molecular weight excluding hydrogens is 310 g/mol.